The number of benzene rings is 1. The van der Waals surface area contributed by atoms with Crippen molar-refractivity contribution in [3.8, 4) is 0 Å². The predicted octanol–water partition coefficient (Wildman–Crippen LogP) is 1.77. The van der Waals surface area contributed by atoms with Crippen LogP contribution in [0.25, 0.3) is 10.9 Å². The minimum Gasteiger partial charge on any atom is -0.348 e. The summed E-state index contributed by atoms with van der Waals surface area (Å²) in [5.41, 5.74) is 0.468. The fourth-order valence-corrected chi connectivity index (χ4v) is 5.57. The van der Waals surface area contributed by atoms with Gasteiger partial charge in [-0.2, -0.15) is 4.31 Å². The van der Waals surface area contributed by atoms with Gasteiger partial charge in [0.2, 0.25) is 10.0 Å². The summed E-state index contributed by atoms with van der Waals surface area (Å²) in [7, 11) is -4.00. The highest BCUT2D eigenvalue weighted by molar-refractivity contribution is 7.89. The molecule has 1 amide bonds. The number of aromatic nitrogens is 4. The molecule has 0 bridgehead atoms. The highest BCUT2D eigenvalue weighted by Gasteiger charge is 2.41. The molecular weight excluding hydrogens is 423 g/mol. The van der Waals surface area contributed by atoms with Gasteiger partial charge in [0.25, 0.3) is 5.91 Å². The number of fused-ring (bicyclic) bond motifs is 1. The van der Waals surface area contributed by atoms with E-state index >= 15 is 0 Å². The molecule has 1 N–H and O–H groups in total. The number of para-hydroxylation sites is 1. The van der Waals surface area contributed by atoms with E-state index in [0.29, 0.717) is 10.9 Å². The van der Waals surface area contributed by atoms with Crippen molar-refractivity contribution >= 4 is 26.8 Å². The molecule has 9 nitrogen and oxygen atoms in total. The SMILES string of the molecule is CC(C)NC(=O)c1cn(CC2CC(F)CN2S(=O)(=O)c2cccc3cccnc23)nn1. The molecule has 3 aromatic rings. The van der Waals surface area contributed by atoms with Gasteiger partial charge >= 0.3 is 0 Å². The topological polar surface area (TPSA) is 110 Å². The number of nitrogens with one attached hydrogen (secondary N) is 1. The van der Waals surface area contributed by atoms with Crippen LogP contribution in [0.5, 0.6) is 0 Å². The van der Waals surface area contributed by atoms with Crippen molar-refractivity contribution in [2.24, 2.45) is 0 Å². The summed E-state index contributed by atoms with van der Waals surface area (Å²) in [5, 5.41) is 11.2. The number of alkyl halides is 1. The fourth-order valence-electron chi connectivity index (χ4n) is 3.75. The number of nitrogens with zero attached hydrogens (tertiary/aromatic N) is 5. The van der Waals surface area contributed by atoms with E-state index in [1.807, 2.05) is 13.8 Å². The summed E-state index contributed by atoms with van der Waals surface area (Å²) in [6.45, 7) is 3.49. The molecule has 3 heterocycles. The first-order valence-corrected chi connectivity index (χ1v) is 11.4. The third-order valence-corrected chi connectivity index (χ3v) is 7.03. The van der Waals surface area contributed by atoms with Gasteiger partial charge in [-0.05, 0) is 32.4 Å². The monoisotopic (exact) mass is 446 g/mol. The lowest BCUT2D eigenvalue weighted by Crippen LogP contribution is -2.38. The maximum atomic E-state index is 14.3. The maximum absolute atomic E-state index is 14.3. The molecule has 1 aliphatic heterocycles. The zero-order valence-electron chi connectivity index (χ0n) is 17.1. The summed E-state index contributed by atoms with van der Waals surface area (Å²) in [5.74, 6) is -0.373. The van der Waals surface area contributed by atoms with Crippen LogP contribution < -0.4 is 5.32 Å². The number of sulfonamides is 1. The van der Waals surface area contributed by atoms with Crippen LogP contribution in [-0.4, -0.2) is 63.4 Å². The molecule has 0 saturated carbocycles. The van der Waals surface area contributed by atoms with E-state index in [4.69, 9.17) is 0 Å². The normalized spacial score (nSPS) is 19.9. The van der Waals surface area contributed by atoms with Crippen molar-refractivity contribution in [3.05, 3.63) is 48.4 Å². The minimum absolute atomic E-state index is 0.0325. The number of halogens is 1. The summed E-state index contributed by atoms with van der Waals surface area (Å²) in [6, 6.07) is 7.69. The zero-order chi connectivity index (χ0) is 22.2. The van der Waals surface area contributed by atoms with Gasteiger partial charge in [0.1, 0.15) is 11.1 Å². The molecule has 2 atom stereocenters. The van der Waals surface area contributed by atoms with Crippen molar-refractivity contribution in [2.45, 2.75) is 50.0 Å². The molecule has 1 aromatic carbocycles. The second-order valence-corrected chi connectivity index (χ2v) is 9.71. The summed E-state index contributed by atoms with van der Waals surface area (Å²) in [6.07, 6.45) is 1.70. The Bertz CT molecular complexity index is 1210. The Kier molecular flexibility index (Phi) is 5.71. The Morgan fingerprint density at radius 2 is 2.06 bits per heavy atom. The number of rotatable bonds is 6. The van der Waals surface area contributed by atoms with Crippen LogP contribution in [0.15, 0.2) is 47.6 Å². The average Bonchev–Trinajstić information content (AvgIpc) is 3.34. The van der Waals surface area contributed by atoms with Crippen molar-refractivity contribution in [3.63, 3.8) is 0 Å². The second-order valence-electron chi connectivity index (χ2n) is 7.85. The highest BCUT2D eigenvalue weighted by Crippen LogP contribution is 2.31. The Morgan fingerprint density at radius 1 is 1.29 bits per heavy atom. The van der Waals surface area contributed by atoms with Crippen molar-refractivity contribution in [2.75, 3.05) is 6.54 Å². The van der Waals surface area contributed by atoms with Gasteiger partial charge in [-0.25, -0.2) is 12.8 Å². The third kappa shape index (κ3) is 4.28. The largest absolute Gasteiger partial charge is 0.348 e. The van der Waals surface area contributed by atoms with Crippen molar-refractivity contribution in [1.82, 2.24) is 29.6 Å². The molecule has 1 aliphatic rings. The Labute approximate surface area is 179 Å². The van der Waals surface area contributed by atoms with Crippen LogP contribution in [0.3, 0.4) is 0 Å². The lowest BCUT2D eigenvalue weighted by atomic mass is 10.2. The lowest BCUT2D eigenvalue weighted by molar-refractivity contribution is 0.0938. The van der Waals surface area contributed by atoms with Crippen LogP contribution in [0, 0.1) is 0 Å². The van der Waals surface area contributed by atoms with Crippen LogP contribution >= 0.6 is 0 Å². The number of hydrogen-bond donors (Lipinski definition) is 1. The van der Waals surface area contributed by atoms with Gasteiger partial charge in [0.05, 0.1) is 18.3 Å². The number of carbonyl (C=O) groups excluding carboxylic acids is 1. The first-order chi connectivity index (χ1) is 14.8. The van der Waals surface area contributed by atoms with Crippen LogP contribution in [0.4, 0.5) is 4.39 Å². The molecule has 2 aromatic heterocycles. The second kappa shape index (κ2) is 8.31. The van der Waals surface area contributed by atoms with E-state index in [-0.39, 0.29) is 42.0 Å². The van der Waals surface area contributed by atoms with Gasteiger partial charge in [0.15, 0.2) is 5.69 Å². The summed E-state index contributed by atoms with van der Waals surface area (Å²) in [4.78, 5) is 16.4. The standard InChI is InChI=1S/C20H23FN6O3S/c1-13(2)23-20(28)17-12-26(25-24-17)11-16-9-15(21)10-27(16)31(29,30)18-7-3-5-14-6-4-8-22-19(14)18/h3-8,12-13,15-16H,9-11H2,1-2H3,(H,23,28). The number of pyridine rings is 1. The minimum atomic E-state index is -4.00. The van der Waals surface area contributed by atoms with Gasteiger partial charge in [-0.15, -0.1) is 5.10 Å². The van der Waals surface area contributed by atoms with Gasteiger partial charge in [-0.1, -0.05) is 23.4 Å². The molecule has 4 rings (SSSR count). The van der Waals surface area contributed by atoms with Crippen molar-refractivity contribution < 1.29 is 17.6 Å². The first kappa shape index (κ1) is 21.3. The maximum Gasteiger partial charge on any atom is 0.273 e. The third-order valence-electron chi connectivity index (χ3n) is 5.08. The summed E-state index contributed by atoms with van der Waals surface area (Å²) < 4.78 is 43.8. The van der Waals surface area contributed by atoms with Crippen LogP contribution in [0.1, 0.15) is 30.8 Å². The highest BCUT2D eigenvalue weighted by atomic mass is 32.2. The molecular formula is C20H23FN6O3S. The quantitative estimate of drug-likeness (QED) is 0.618. The molecule has 11 heteroatoms. The molecule has 1 fully saturated rings. The Hall–Kier alpha value is -2.92. The molecule has 0 radical (unpaired) electrons. The van der Waals surface area contributed by atoms with E-state index in [0.717, 1.165) is 4.31 Å². The van der Waals surface area contributed by atoms with Crippen molar-refractivity contribution in [1.29, 1.82) is 0 Å². The van der Waals surface area contributed by atoms with Crippen LogP contribution in [0.2, 0.25) is 0 Å². The van der Waals surface area contributed by atoms with E-state index in [1.54, 1.807) is 24.3 Å². The first-order valence-electron chi connectivity index (χ1n) is 9.96. The molecule has 0 spiro atoms. The van der Waals surface area contributed by atoms with Gasteiger partial charge < -0.3 is 5.32 Å². The number of carbonyl (C=O) groups is 1. The Morgan fingerprint density at radius 3 is 2.84 bits per heavy atom. The Balaban J connectivity index is 1.61. The van der Waals surface area contributed by atoms with E-state index in [1.165, 1.54) is 23.1 Å². The predicted molar refractivity (Wildman–Crippen MR) is 112 cm³/mol. The van der Waals surface area contributed by atoms with E-state index in [2.05, 4.69) is 20.6 Å². The molecule has 0 aliphatic carbocycles. The fraction of sp³-hybridized carbons (Fsp3) is 0.400. The summed E-state index contributed by atoms with van der Waals surface area (Å²) >= 11 is 0. The number of amides is 1. The zero-order valence-corrected chi connectivity index (χ0v) is 18.0. The molecule has 164 valence electrons. The number of hydrogen-bond acceptors (Lipinski definition) is 6. The molecule has 31 heavy (non-hydrogen) atoms. The molecule has 2 unspecified atom stereocenters. The molecule has 1 saturated heterocycles. The van der Waals surface area contributed by atoms with Gasteiger partial charge in [0, 0.05) is 30.2 Å². The van der Waals surface area contributed by atoms with E-state index in [9.17, 15) is 17.6 Å². The average molecular weight is 447 g/mol. The smallest absolute Gasteiger partial charge is 0.273 e. The lowest BCUT2D eigenvalue weighted by Gasteiger charge is -2.24. The van der Waals surface area contributed by atoms with Crippen LogP contribution in [-0.2, 0) is 16.6 Å². The van der Waals surface area contributed by atoms with E-state index < -0.39 is 22.2 Å². The van der Waals surface area contributed by atoms with Gasteiger partial charge in [-0.3, -0.25) is 14.5 Å².